The predicted octanol–water partition coefficient (Wildman–Crippen LogP) is 1.30. The molecule has 0 aliphatic rings. The summed E-state index contributed by atoms with van der Waals surface area (Å²) in [7, 11) is 0. The van der Waals surface area contributed by atoms with E-state index in [1.165, 1.54) is 0 Å². The van der Waals surface area contributed by atoms with Gasteiger partial charge in [0.2, 0.25) is 0 Å². The maximum atomic E-state index is 5.34. The Labute approximate surface area is 62.2 Å². The van der Waals surface area contributed by atoms with Gasteiger partial charge in [0.15, 0.2) is 0 Å². The van der Waals surface area contributed by atoms with Crippen LogP contribution in [0.25, 0.3) is 0 Å². The molecule has 1 rings (SSSR count). The average Bonchev–Trinajstić information content (AvgIpc) is 1.88. The molecule has 1 aromatic heterocycles. The van der Waals surface area contributed by atoms with Gasteiger partial charge in [-0.15, -0.1) is 0 Å². The van der Waals surface area contributed by atoms with Gasteiger partial charge in [-0.3, -0.25) is 4.98 Å². The number of halogens is 1. The second kappa shape index (κ2) is 2.94. The molecule has 0 aliphatic carbocycles. The first-order valence-corrected chi connectivity index (χ1v) is 3.42. The minimum atomic E-state index is 0.499. The van der Waals surface area contributed by atoms with Crippen LogP contribution >= 0.6 is 15.9 Å². The number of hydrogen-bond acceptors (Lipinski definition) is 2. The molecule has 2 nitrogen and oxygen atoms in total. The van der Waals surface area contributed by atoms with Crippen molar-refractivity contribution in [1.82, 2.24) is 4.98 Å². The first kappa shape index (κ1) is 6.71. The minimum absolute atomic E-state index is 0.499. The third-order valence-corrected chi connectivity index (χ3v) is 1.48. The maximum Gasteiger partial charge on any atom is 0.0550 e. The highest BCUT2D eigenvalue weighted by molar-refractivity contribution is 9.10. The van der Waals surface area contributed by atoms with Crippen molar-refractivity contribution in [2.75, 3.05) is 0 Å². The Morgan fingerprint density at radius 1 is 1.67 bits per heavy atom. The quantitative estimate of drug-likeness (QED) is 0.719. The van der Waals surface area contributed by atoms with E-state index in [1.54, 1.807) is 6.20 Å². The number of nitrogens with two attached hydrogens (primary N) is 1. The molecule has 3 heteroatoms. The number of nitrogens with zero attached hydrogens (tertiary/aromatic N) is 1. The van der Waals surface area contributed by atoms with Crippen LogP contribution in [-0.2, 0) is 6.54 Å². The normalized spacial score (nSPS) is 9.56. The van der Waals surface area contributed by atoms with Crippen molar-refractivity contribution in [3.8, 4) is 0 Å². The van der Waals surface area contributed by atoms with E-state index in [-0.39, 0.29) is 0 Å². The van der Waals surface area contributed by atoms with Crippen LogP contribution in [0.3, 0.4) is 0 Å². The van der Waals surface area contributed by atoms with Crippen LogP contribution in [0.4, 0.5) is 0 Å². The van der Waals surface area contributed by atoms with E-state index >= 15 is 0 Å². The molecule has 0 aromatic carbocycles. The van der Waals surface area contributed by atoms with Crippen LogP contribution < -0.4 is 5.73 Å². The SMILES string of the molecule is NCc1cc(Br)ccn1. The van der Waals surface area contributed by atoms with Crippen LogP contribution in [0.1, 0.15) is 5.69 Å². The Balaban J connectivity index is 2.94. The molecule has 0 saturated heterocycles. The second-order valence-electron chi connectivity index (χ2n) is 1.67. The number of hydrogen-bond donors (Lipinski definition) is 1. The molecule has 0 saturated carbocycles. The first-order chi connectivity index (χ1) is 4.33. The van der Waals surface area contributed by atoms with Crippen molar-refractivity contribution in [2.45, 2.75) is 6.54 Å². The third kappa shape index (κ3) is 1.77. The van der Waals surface area contributed by atoms with Crippen LogP contribution in [0.5, 0.6) is 0 Å². The van der Waals surface area contributed by atoms with Gasteiger partial charge in [-0.1, -0.05) is 15.9 Å². The molecule has 1 heterocycles. The Hall–Kier alpha value is -0.410. The Bertz CT molecular complexity index is 200. The molecule has 0 fully saturated rings. The summed E-state index contributed by atoms with van der Waals surface area (Å²) in [5.74, 6) is 0. The fourth-order valence-electron chi connectivity index (χ4n) is 0.560. The van der Waals surface area contributed by atoms with Gasteiger partial charge in [0.1, 0.15) is 0 Å². The van der Waals surface area contributed by atoms with E-state index in [4.69, 9.17) is 5.73 Å². The molecule has 2 N–H and O–H groups in total. The number of aromatic nitrogens is 1. The van der Waals surface area contributed by atoms with Crippen LogP contribution in [0, 0.1) is 0 Å². The van der Waals surface area contributed by atoms with Crippen molar-refractivity contribution in [3.63, 3.8) is 0 Å². The molecular formula is C6H7BrN2. The Morgan fingerprint density at radius 3 is 2.89 bits per heavy atom. The van der Waals surface area contributed by atoms with Gasteiger partial charge < -0.3 is 5.73 Å². The van der Waals surface area contributed by atoms with Crippen LogP contribution in [0.2, 0.25) is 0 Å². The van der Waals surface area contributed by atoms with E-state index in [0.29, 0.717) is 6.54 Å². The van der Waals surface area contributed by atoms with Crippen LogP contribution in [0.15, 0.2) is 22.8 Å². The summed E-state index contributed by atoms with van der Waals surface area (Å²) in [5.41, 5.74) is 6.24. The zero-order valence-corrected chi connectivity index (χ0v) is 6.43. The second-order valence-corrected chi connectivity index (χ2v) is 2.59. The summed E-state index contributed by atoms with van der Waals surface area (Å²) in [6, 6.07) is 3.78. The van der Waals surface area contributed by atoms with Crippen molar-refractivity contribution in [1.29, 1.82) is 0 Å². The Morgan fingerprint density at radius 2 is 2.44 bits per heavy atom. The molecule has 48 valence electrons. The first-order valence-electron chi connectivity index (χ1n) is 2.63. The zero-order chi connectivity index (χ0) is 6.69. The largest absolute Gasteiger partial charge is 0.325 e. The van der Waals surface area contributed by atoms with E-state index in [1.807, 2.05) is 12.1 Å². The van der Waals surface area contributed by atoms with Crippen molar-refractivity contribution in [2.24, 2.45) is 5.73 Å². The van der Waals surface area contributed by atoms with Gasteiger partial charge in [-0.2, -0.15) is 0 Å². The molecule has 9 heavy (non-hydrogen) atoms. The molecule has 0 radical (unpaired) electrons. The lowest BCUT2D eigenvalue weighted by Gasteiger charge is -1.93. The van der Waals surface area contributed by atoms with Gasteiger partial charge in [0.25, 0.3) is 0 Å². The van der Waals surface area contributed by atoms with Crippen LogP contribution in [-0.4, -0.2) is 4.98 Å². The van der Waals surface area contributed by atoms with Gasteiger partial charge in [-0.25, -0.2) is 0 Å². The smallest absolute Gasteiger partial charge is 0.0550 e. The highest BCUT2D eigenvalue weighted by atomic mass is 79.9. The summed E-state index contributed by atoms with van der Waals surface area (Å²) in [6.45, 7) is 0.499. The maximum absolute atomic E-state index is 5.34. The summed E-state index contributed by atoms with van der Waals surface area (Å²) in [6.07, 6.45) is 1.73. The standard InChI is InChI=1S/C6H7BrN2/c7-5-1-2-9-6(3-5)4-8/h1-3H,4,8H2. The Kier molecular flexibility index (Phi) is 2.19. The molecule has 0 atom stereocenters. The fraction of sp³-hybridized carbons (Fsp3) is 0.167. The lowest BCUT2D eigenvalue weighted by atomic mass is 10.4. The van der Waals surface area contributed by atoms with Gasteiger partial charge >= 0.3 is 0 Å². The zero-order valence-electron chi connectivity index (χ0n) is 4.84. The van der Waals surface area contributed by atoms with Gasteiger partial charge in [-0.05, 0) is 12.1 Å². The predicted molar refractivity (Wildman–Crippen MR) is 39.8 cm³/mol. The van der Waals surface area contributed by atoms with E-state index in [9.17, 15) is 0 Å². The highest BCUT2D eigenvalue weighted by Gasteiger charge is 1.88. The van der Waals surface area contributed by atoms with Crippen molar-refractivity contribution in [3.05, 3.63) is 28.5 Å². The highest BCUT2D eigenvalue weighted by Crippen LogP contribution is 2.07. The molecular weight excluding hydrogens is 180 g/mol. The van der Waals surface area contributed by atoms with Crippen molar-refractivity contribution >= 4 is 15.9 Å². The molecule has 0 unspecified atom stereocenters. The van der Waals surface area contributed by atoms with E-state index in [2.05, 4.69) is 20.9 Å². The van der Waals surface area contributed by atoms with E-state index in [0.717, 1.165) is 10.2 Å². The summed E-state index contributed by atoms with van der Waals surface area (Å²) < 4.78 is 1.03. The number of pyridine rings is 1. The molecule has 0 amide bonds. The average molecular weight is 187 g/mol. The van der Waals surface area contributed by atoms with Gasteiger partial charge in [0, 0.05) is 17.2 Å². The summed E-state index contributed by atoms with van der Waals surface area (Å²) in [5, 5.41) is 0. The molecule has 0 spiro atoms. The molecule has 1 aromatic rings. The van der Waals surface area contributed by atoms with E-state index < -0.39 is 0 Å². The summed E-state index contributed by atoms with van der Waals surface area (Å²) >= 11 is 3.31. The molecule has 0 bridgehead atoms. The van der Waals surface area contributed by atoms with Crippen molar-refractivity contribution < 1.29 is 0 Å². The fourth-order valence-corrected chi connectivity index (χ4v) is 0.943. The molecule has 0 aliphatic heterocycles. The minimum Gasteiger partial charge on any atom is -0.325 e. The monoisotopic (exact) mass is 186 g/mol. The topological polar surface area (TPSA) is 38.9 Å². The third-order valence-electron chi connectivity index (χ3n) is 0.988. The number of rotatable bonds is 1. The van der Waals surface area contributed by atoms with Gasteiger partial charge in [0.05, 0.1) is 5.69 Å². The summed E-state index contributed by atoms with van der Waals surface area (Å²) in [4.78, 5) is 4.00. The lowest BCUT2D eigenvalue weighted by molar-refractivity contribution is 0.987. The lowest BCUT2D eigenvalue weighted by Crippen LogP contribution is -1.97.